The van der Waals surface area contributed by atoms with Crippen molar-refractivity contribution in [3.63, 3.8) is 0 Å². The van der Waals surface area contributed by atoms with Crippen LogP contribution in [-0.2, 0) is 0 Å². The molecule has 6 rings (SSSR count). The predicted octanol–water partition coefficient (Wildman–Crippen LogP) is 4.17. The highest BCUT2D eigenvalue weighted by atomic mass is 16.5. The minimum atomic E-state index is 0.00785. The lowest BCUT2D eigenvalue weighted by Crippen LogP contribution is -2.49. The average molecular weight is 515 g/mol. The van der Waals surface area contributed by atoms with Crippen molar-refractivity contribution < 1.29 is 4.52 Å². The van der Waals surface area contributed by atoms with Gasteiger partial charge in [-0.25, -0.2) is 0 Å². The smallest absolute Gasteiger partial charge is 0.229 e. The minimum Gasteiger partial charge on any atom is -0.358 e. The Bertz CT molecular complexity index is 1360. The molecule has 2 saturated heterocycles. The van der Waals surface area contributed by atoms with E-state index in [9.17, 15) is 0 Å². The number of pyridine rings is 1. The monoisotopic (exact) mass is 514 g/mol. The lowest BCUT2D eigenvalue weighted by molar-refractivity contribution is 0.209. The van der Waals surface area contributed by atoms with Gasteiger partial charge in [-0.15, -0.1) is 0 Å². The van der Waals surface area contributed by atoms with Crippen LogP contribution in [0.1, 0.15) is 44.2 Å². The molecule has 0 aliphatic carbocycles. The molecule has 4 aromatic rings. The van der Waals surface area contributed by atoms with Gasteiger partial charge in [0.1, 0.15) is 17.3 Å². The zero-order valence-corrected chi connectivity index (χ0v) is 22.1. The summed E-state index contributed by atoms with van der Waals surface area (Å²) in [6.07, 6.45) is 3.73. The zero-order chi connectivity index (χ0) is 26.1. The number of H-pyrrole nitrogens is 1. The van der Waals surface area contributed by atoms with Crippen LogP contribution in [0.2, 0.25) is 0 Å². The summed E-state index contributed by atoms with van der Waals surface area (Å²) in [5.41, 5.74) is 2.52. The fourth-order valence-electron chi connectivity index (χ4n) is 5.24. The second kappa shape index (κ2) is 10.4. The molecule has 6 heterocycles. The van der Waals surface area contributed by atoms with Crippen molar-refractivity contribution in [3.8, 4) is 11.4 Å². The number of nitrogens with zero attached hydrogens (tertiary/aromatic N) is 8. The van der Waals surface area contributed by atoms with Gasteiger partial charge < -0.3 is 19.6 Å². The third-order valence-corrected chi connectivity index (χ3v) is 7.33. The van der Waals surface area contributed by atoms with Crippen LogP contribution in [0.25, 0.3) is 11.4 Å². The highest BCUT2D eigenvalue weighted by Crippen LogP contribution is 2.37. The van der Waals surface area contributed by atoms with E-state index in [-0.39, 0.29) is 6.04 Å². The summed E-state index contributed by atoms with van der Waals surface area (Å²) in [5, 5.41) is 15.0. The van der Waals surface area contributed by atoms with Gasteiger partial charge in [0, 0.05) is 68.9 Å². The van der Waals surface area contributed by atoms with E-state index in [1.165, 1.54) is 0 Å². The summed E-state index contributed by atoms with van der Waals surface area (Å²) in [6.45, 7) is 11.2. The fraction of sp³-hybridized carbons (Fsp3) is 0.444. The summed E-state index contributed by atoms with van der Waals surface area (Å²) in [4.78, 5) is 21.5. The van der Waals surface area contributed by atoms with Gasteiger partial charge in [-0.1, -0.05) is 11.2 Å². The standard InChI is InChI=1S/C27H34N10O/c1-18(2)35-11-13-36(14-12-35)26-17-24(29-25-15-19(3)32-33-25)30-27(31-26)37-10-6-8-22(37)23-16-21(34-38-23)20-7-4-5-9-28-20/h4-5,7,9,15-18,22H,6,8,10-14H2,1-3H3,(H2,29,30,31,32,33)/t22-/m0/s1. The van der Waals surface area contributed by atoms with Crippen molar-refractivity contribution in [2.24, 2.45) is 0 Å². The van der Waals surface area contributed by atoms with Crippen LogP contribution in [0.15, 0.2) is 47.1 Å². The van der Waals surface area contributed by atoms with E-state index in [0.29, 0.717) is 12.0 Å². The molecule has 0 bridgehead atoms. The number of hydrogen-bond acceptors (Lipinski definition) is 10. The van der Waals surface area contributed by atoms with E-state index in [0.717, 1.165) is 85.9 Å². The molecule has 0 amide bonds. The highest BCUT2D eigenvalue weighted by molar-refractivity contribution is 5.61. The Morgan fingerprint density at radius 2 is 1.87 bits per heavy atom. The van der Waals surface area contributed by atoms with Gasteiger partial charge in [0.05, 0.1) is 11.7 Å². The molecule has 2 aliphatic heterocycles. The largest absolute Gasteiger partial charge is 0.358 e. The molecule has 0 radical (unpaired) electrons. The first-order valence-electron chi connectivity index (χ1n) is 13.4. The summed E-state index contributed by atoms with van der Waals surface area (Å²) >= 11 is 0. The third kappa shape index (κ3) is 5.06. The first kappa shape index (κ1) is 24.4. The van der Waals surface area contributed by atoms with E-state index in [4.69, 9.17) is 14.5 Å². The molecule has 4 aromatic heterocycles. The van der Waals surface area contributed by atoms with Crippen molar-refractivity contribution in [1.29, 1.82) is 0 Å². The summed E-state index contributed by atoms with van der Waals surface area (Å²) < 4.78 is 5.83. The maximum atomic E-state index is 5.83. The number of anilines is 4. The van der Waals surface area contributed by atoms with Gasteiger partial charge in [-0.3, -0.25) is 15.0 Å². The van der Waals surface area contributed by atoms with E-state index in [1.54, 1.807) is 6.20 Å². The summed E-state index contributed by atoms with van der Waals surface area (Å²) in [6, 6.07) is 12.3. The van der Waals surface area contributed by atoms with Crippen molar-refractivity contribution in [1.82, 2.24) is 35.2 Å². The van der Waals surface area contributed by atoms with E-state index in [2.05, 4.69) is 54.2 Å². The molecule has 0 unspecified atom stereocenters. The fourth-order valence-corrected chi connectivity index (χ4v) is 5.24. The lowest BCUT2D eigenvalue weighted by Gasteiger charge is -2.37. The number of rotatable bonds is 7. The molecule has 198 valence electrons. The van der Waals surface area contributed by atoms with E-state index in [1.807, 2.05) is 43.3 Å². The molecule has 0 spiro atoms. The average Bonchev–Trinajstić information content (AvgIpc) is 3.70. The van der Waals surface area contributed by atoms with E-state index >= 15 is 0 Å². The summed E-state index contributed by atoms with van der Waals surface area (Å²) in [7, 11) is 0. The number of aromatic nitrogens is 6. The van der Waals surface area contributed by atoms with Gasteiger partial charge in [0.25, 0.3) is 0 Å². The minimum absolute atomic E-state index is 0.00785. The second-order valence-corrected chi connectivity index (χ2v) is 10.3. The Hall–Kier alpha value is -3.99. The van der Waals surface area contributed by atoms with Gasteiger partial charge in [-0.2, -0.15) is 15.1 Å². The number of nitrogens with one attached hydrogen (secondary N) is 2. The topological polar surface area (TPSA) is 115 Å². The van der Waals surface area contributed by atoms with Crippen molar-refractivity contribution in [2.45, 2.75) is 45.7 Å². The number of aryl methyl sites for hydroxylation is 1. The lowest BCUT2D eigenvalue weighted by atomic mass is 10.1. The van der Waals surface area contributed by atoms with E-state index < -0.39 is 0 Å². The zero-order valence-electron chi connectivity index (χ0n) is 22.1. The van der Waals surface area contributed by atoms with Crippen LogP contribution >= 0.6 is 0 Å². The Balaban J connectivity index is 1.30. The first-order valence-corrected chi connectivity index (χ1v) is 13.4. The molecular formula is C27H34N10O. The molecule has 38 heavy (non-hydrogen) atoms. The predicted molar refractivity (Wildman–Crippen MR) is 147 cm³/mol. The number of aromatic amines is 1. The molecule has 1 atom stereocenters. The molecule has 11 nitrogen and oxygen atoms in total. The number of piperazine rings is 1. The van der Waals surface area contributed by atoms with Crippen molar-refractivity contribution in [2.75, 3.05) is 47.8 Å². The van der Waals surface area contributed by atoms with Crippen LogP contribution in [0.4, 0.5) is 23.4 Å². The van der Waals surface area contributed by atoms with Crippen molar-refractivity contribution >= 4 is 23.4 Å². The molecule has 0 aromatic carbocycles. The van der Waals surface area contributed by atoms with Gasteiger partial charge >= 0.3 is 0 Å². The van der Waals surface area contributed by atoms with Gasteiger partial charge in [0.15, 0.2) is 11.6 Å². The molecule has 0 saturated carbocycles. The SMILES string of the molecule is Cc1cc(Nc2cc(N3CCN(C(C)C)CC3)nc(N3CCC[C@H]3c3cc(-c4ccccn4)no3)n2)n[nH]1. The van der Waals surface area contributed by atoms with Gasteiger partial charge in [0.2, 0.25) is 5.95 Å². The molecular weight excluding hydrogens is 480 g/mol. The second-order valence-electron chi connectivity index (χ2n) is 10.3. The maximum absolute atomic E-state index is 5.83. The highest BCUT2D eigenvalue weighted by Gasteiger charge is 2.33. The summed E-state index contributed by atoms with van der Waals surface area (Å²) in [5.74, 6) is 3.86. The third-order valence-electron chi connectivity index (χ3n) is 7.33. The molecule has 2 fully saturated rings. The van der Waals surface area contributed by atoms with Crippen LogP contribution in [0, 0.1) is 6.92 Å². The molecule has 2 N–H and O–H groups in total. The molecule has 2 aliphatic rings. The Labute approximate surface area is 222 Å². The number of hydrogen-bond donors (Lipinski definition) is 2. The Morgan fingerprint density at radius 1 is 1.00 bits per heavy atom. The Kier molecular flexibility index (Phi) is 6.67. The van der Waals surface area contributed by atoms with Crippen LogP contribution in [-0.4, -0.2) is 74.0 Å². The maximum Gasteiger partial charge on any atom is 0.229 e. The molecule has 11 heteroatoms. The first-order chi connectivity index (χ1) is 18.5. The van der Waals surface area contributed by atoms with Crippen LogP contribution < -0.4 is 15.1 Å². The quantitative estimate of drug-likeness (QED) is 0.372. The van der Waals surface area contributed by atoms with Gasteiger partial charge in [-0.05, 0) is 45.7 Å². The normalized spacial score (nSPS) is 18.5. The van der Waals surface area contributed by atoms with Crippen LogP contribution in [0.3, 0.4) is 0 Å². The van der Waals surface area contributed by atoms with Crippen molar-refractivity contribution in [3.05, 3.63) is 54.0 Å². The van der Waals surface area contributed by atoms with Crippen LogP contribution in [0.5, 0.6) is 0 Å². The Morgan fingerprint density at radius 3 is 2.61 bits per heavy atom.